The lowest BCUT2D eigenvalue weighted by molar-refractivity contribution is -0.154. The number of hydrogen-bond donors (Lipinski definition) is 1. The second-order valence-electron chi connectivity index (χ2n) is 2.59. The second kappa shape index (κ2) is 3.32. The molecule has 7 heteroatoms. The molecular formula is C7H6F3NO3. The SMILES string of the molecule is Cc1nc(CC(=O)O)oc1C(F)(F)F. The van der Waals surface area contributed by atoms with Gasteiger partial charge in [-0.1, -0.05) is 0 Å². The monoisotopic (exact) mass is 209 g/mol. The van der Waals surface area contributed by atoms with Gasteiger partial charge in [0.2, 0.25) is 11.7 Å². The highest BCUT2D eigenvalue weighted by Crippen LogP contribution is 2.32. The van der Waals surface area contributed by atoms with Crippen LogP contribution in [0.5, 0.6) is 0 Å². The number of aryl methyl sites for hydroxylation is 1. The molecule has 1 rings (SSSR count). The van der Waals surface area contributed by atoms with E-state index in [-0.39, 0.29) is 5.69 Å². The molecule has 1 aromatic heterocycles. The minimum Gasteiger partial charge on any atom is -0.481 e. The maximum Gasteiger partial charge on any atom is 0.451 e. The third kappa shape index (κ3) is 2.24. The molecule has 78 valence electrons. The third-order valence-corrected chi connectivity index (χ3v) is 1.40. The van der Waals surface area contributed by atoms with Gasteiger partial charge in [-0.3, -0.25) is 4.79 Å². The molecule has 0 atom stereocenters. The Kier molecular flexibility index (Phi) is 2.50. The first-order chi connectivity index (χ1) is 6.30. The maximum atomic E-state index is 12.1. The fourth-order valence-electron chi connectivity index (χ4n) is 0.920. The van der Waals surface area contributed by atoms with Crippen molar-refractivity contribution in [2.24, 2.45) is 0 Å². The zero-order valence-corrected chi connectivity index (χ0v) is 7.05. The molecule has 4 nitrogen and oxygen atoms in total. The van der Waals surface area contributed by atoms with Crippen molar-refractivity contribution in [3.05, 3.63) is 17.3 Å². The zero-order valence-electron chi connectivity index (χ0n) is 7.05. The summed E-state index contributed by atoms with van der Waals surface area (Å²) in [6.45, 7) is 1.11. The Morgan fingerprint density at radius 2 is 2.14 bits per heavy atom. The summed E-state index contributed by atoms with van der Waals surface area (Å²) in [5.74, 6) is -2.98. The van der Waals surface area contributed by atoms with Gasteiger partial charge < -0.3 is 9.52 Å². The molecule has 0 unspecified atom stereocenters. The summed E-state index contributed by atoms with van der Waals surface area (Å²) in [5, 5.41) is 8.29. The van der Waals surface area contributed by atoms with E-state index < -0.39 is 30.2 Å². The van der Waals surface area contributed by atoms with Gasteiger partial charge in [0.25, 0.3) is 0 Å². The largest absolute Gasteiger partial charge is 0.481 e. The van der Waals surface area contributed by atoms with Gasteiger partial charge in [0, 0.05) is 0 Å². The molecule has 0 aromatic carbocycles. The average Bonchev–Trinajstić information content (AvgIpc) is 2.27. The van der Waals surface area contributed by atoms with Gasteiger partial charge in [0.15, 0.2) is 0 Å². The molecule has 0 amide bonds. The number of nitrogens with zero attached hydrogens (tertiary/aromatic N) is 1. The number of hydrogen-bond acceptors (Lipinski definition) is 3. The van der Waals surface area contributed by atoms with Gasteiger partial charge in [0.1, 0.15) is 6.42 Å². The first-order valence-electron chi connectivity index (χ1n) is 3.56. The summed E-state index contributed by atoms with van der Waals surface area (Å²) in [6, 6.07) is 0. The summed E-state index contributed by atoms with van der Waals surface area (Å²) in [7, 11) is 0. The van der Waals surface area contributed by atoms with E-state index in [1.54, 1.807) is 0 Å². The fourth-order valence-corrected chi connectivity index (χ4v) is 0.920. The zero-order chi connectivity index (χ0) is 10.9. The highest BCUT2D eigenvalue weighted by Gasteiger charge is 2.38. The molecule has 0 spiro atoms. The predicted molar refractivity (Wildman–Crippen MR) is 37.6 cm³/mol. The molecule has 0 aliphatic heterocycles. The summed E-state index contributed by atoms with van der Waals surface area (Å²) < 4.78 is 40.6. The lowest BCUT2D eigenvalue weighted by Gasteiger charge is -2.00. The Hall–Kier alpha value is -1.53. The van der Waals surface area contributed by atoms with Crippen LogP contribution < -0.4 is 0 Å². The number of aromatic nitrogens is 1. The lowest BCUT2D eigenvalue weighted by atomic mass is 10.4. The Bertz CT molecular complexity index is 356. The minimum absolute atomic E-state index is 0.353. The van der Waals surface area contributed by atoms with Crippen molar-refractivity contribution < 1.29 is 27.5 Å². The molecule has 14 heavy (non-hydrogen) atoms. The van der Waals surface area contributed by atoms with Crippen LogP contribution in [0.1, 0.15) is 17.3 Å². The van der Waals surface area contributed by atoms with E-state index in [1.165, 1.54) is 0 Å². The Morgan fingerprint density at radius 3 is 2.50 bits per heavy atom. The average molecular weight is 209 g/mol. The van der Waals surface area contributed by atoms with Crippen molar-refractivity contribution in [2.75, 3.05) is 0 Å². The molecule has 0 saturated carbocycles. The fraction of sp³-hybridized carbons (Fsp3) is 0.429. The standard InChI is InChI=1S/C7H6F3NO3/c1-3-6(7(8,9)10)14-4(11-3)2-5(12)13/h2H2,1H3,(H,12,13). The van der Waals surface area contributed by atoms with Crippen LogP contribution in [0.25, 0.3) is 0 Å². The number of oxazole rings is 1. The molecule has 1 aromatic rings. The number of halogens is 3. The van der Waals surface area contributed by atoms with Crippen LogP contribution in [0.4, 0.5) is 13.2 Å². The van der Waals surface area contributed by atoms with Gasteiger partial charge in [-0.15, -0.1) is 0 Å². The number of rotatable bonds is 2. The van der Waals surface area contributed by atoms with Crippen molar-refractivity contribution in [1.29, 1.82) is 0 Å². The molecule has 1 heterocycles. The van der Waals surface area contributed by atoms with Crippen LogP contribution in [0.2, 0.25) is 0 Å². The number of alkyl halides is 3. The van der Waals surface area contributed by atoms with Crippen LogP contribution in [0.3, 0.4) is 0 Å². The quantitative estimate of drug-likeness (QED) is 0.803. The normalized spacial score (nSPS) is 11.7. The van der Waals surface area contributed by atoms with E-state index >= 15 is 0 Å². The first-order valence-corrected chi connectivity index (χ1v) is 3.56. The van der Waals surface area contributed by atoms with Crippen molar-refractivity contribution in [3.8, 4) is 0 Å². The molecular weight excluding hydrogens is 203 g/mol. The highest BCUT2D eigenvalue weighted by molar-refractivity contribution is 5.68. The molecule has 1 N–H and O–H groups in total. The van der Waals surface area contributed by atoms with Gasteiger partial charge in [-0.05, 0) is 6.92 Å². The van der Waals surface area contributed by atoms with Crippen LogP contribution in [-0.4, -0.2) is 16.1 Å². The topological polar surface area (TPSA) is 63.3 Å². The summed E-state index contributed by atoms with van der Waals surface area (Å²) in [4.78, 5) is 13.5. The molecule has 0 aliphatic rings. The van der Waals surface area contributed by atoms with E-state index in [0.717, 1.165) is 6.92 Å². The Labute approximate surface area is 76.4 Å². The van der Waals surface area contributed by atoms with Crippen LogP contribution in [0.15, 0.2) is 4.42 Å². The maximum absolute atomic E-state index is 12.1. The van der Waals surface area contributed by atoms with E-state index in [1.807, 2.05) is 0 Å². The van der Waals surface area contributed by atoms with Gasteiger partial charge in [-0.2, -0.15) is 13.2 Å². The second-order valence-corrected chi connectivity index (χ2v) is 2.59. The predicted octanol–water partition coefficient (Wildman–Crippen LogP) is 1.63. The number of carboxylic acids is 1. The smallest absolute Gasteiger partial charge is 0.451 e. The van der Waals surface area contributed by atoms with Gasteiger partial charge in [-0.25, -0.2) is 4.98 Å². The van der Waals surface area contributed by atoms with E-state index in [4.69, 9.17) is 5.11 Å². The van der Waals surface area contributed by atoms with Gasteiger partial charge >= 0.3 is 12.1 Å². The number of aliphatic carboxylic acids is 1. The molecule has 0 aliphatic carbocycles. The lowest BCUT2D eigenvalue weighted by Crippen LogP contribution is -2.05. The van der Waals surface area contributed by atoms with Crippen LogP contribution >= 0.6 is 0 Å². The van der Waals surface area contributed by atoms with Crippen molar-refractivity contribution in [2.45, 2.75) is 19.5 Å². The number of carbonyl (C=O) groups is 1. The van der Waals surface area contributed by atoms with Crippen LogP contribution in [-0.2, 0) is 17.4 Å². The molecule has 0 saturated heterocycles. The van der Waals surface area contributed by atoms with Crippen LogP contribution in [0, 0.1) is 6.92 Å². The van der Waals surface area contributed by atoms with Crippen molar-refractivity contribution in [1.82, 2.24) is 4.98 Å². The van der Waals surface area contributed by atoms with E-state index in [0.29, 0.717) is 0 Å². The summed E-state index contributed by atoms with van der Waals surface area (Å²) in [6.07, 6.45) is -5.29. The van der Waals surface area contributed by atoms with Gasteiger partial charge in [0.05, 0.1) is 5.69 Å². The Balaban J connectivity index is 2.99. The number of carboxylic acid groups (broad SMARTS) is 1. The highest BCUT2D eigenvalue weighted by atomic mass is 19.4. The molecule has 0 fully saturated rings. The summed E-state index contributed by atoms with van der Waals surface area (Å²) >= 11 is 0. The van der Waals surface area contributed by atoms with Crippen molar-refractivity contribution in [3.63, 3.8) is 0 Å². The summed E-state index contributed by atoms with van der Waals surface area (Å²) in [5.41, 5.74) is -0.353. The Morgan fingerprint density at radius 1 is 1.57 bits per heavy atom. The molecule has 0 radical (unpaired) electrons. The molecule has 0 bridgehead atoms. The third-order valence-electron chi connectivity index (χ3n) is 1.40. The van der Waals surface area contributed by atoms with Crippen molar-refractivity contribution >= 4 is 5.97 Å². The van der Waals surface area contributed by atoms with E-state index in [2.05, 4.69) is 9.40 Å². The first kappa shape index (κ1) is 10.6. The minimum atomic E-state index is -4.63. The van der Waals surface area contributed by atoms with E-state index in [9.17, 15) is 18.0 Å².